The number of nitrogens with one attached hydrogen (secondary N) is 3. The molecule has 0 radical (unpaired) electrons. The smallest absolute Gasteiger partial charge is 0.276 e. The minimum atomic E-state index is -0.415. The zero-order chi connectivity index (χ0) is 18.9. The Morgan fingerprint density at radius 2 is 1.77 bits per heavy atom. The van der Waals surface area contributed by atoms with E-state index in [-0.39, 0.29) is 24.0 Å². The molecule has 0 fully saturated rings. The van der Waals surface area contributed by atoms with E-state index >= 15 is 0 Å². The van der Waals surface area contributed by atoms with Crippen LogP contribution in [0.3, 0.4) is 0 Å². The molecule has 26 heavy (non-hydrogen) atoms. The highest BCUT2D eigenvalue weighted by atomic mass is 32.1. The van der Waals surface area contributed by atoms with E-state index in [1.165, 1.54) is 0 Å². The van der Waals surface area contributed by atoms with Gasteiger partial charge in [-0.2, -0.15) is 0 Å². The quantitative estimate of drug-likeness (QED) is 0.553. The van der Waals surface area contributed by atoms with Crippen molar-refractivity contribution in [1.82, 2.24) is 16.2 Å². The molecule has 136 valence electrons. The summed E-state index contributed by atoms with van der Waals surface area (Å²) in [6.07, 6.45) is 0.207. The number of ether oxygens (including phenoxy) is 1. The number of hydrazine groups is 1. The van der Waals surface area contributed by atoms with Crippen LogP contribution in [0.5, 0.6) is 5.75 Å². The third-order valence-corrected chi connectivity index (χ3v) is 3.74. The third-order valence-electron chi connectivity index (χ3n) is 3.54. The molecule has 0 spiro atoms. The van der Waals surface area contributed by atoms with Gasteiger partial charge in [-0.1, -0.05) is 36.4 Å². The fourth-order valence-electron chi connectivity index (χ4n) is 2.20. The summed E-state index contributed by atoms with van der Waals surface area (Å²) in [6, 6.07) is 15.0. The van der Waals surface area contributed by atoms with E-state index in [1.54, 1.807) is 6.07 Å². The first kappa shape index (κ1) is 19.4. The summed E-state index contributed by atoms with van der Waals surface area (Å²) in [6.45, 7) is 3.70. The molecule has 6 nitrogen and oxygen atoms in total. The lowest BCUT2D eigenvalue weighted by atomic mass is 10.1. The predicted octanol–water partition coefficient (Wildman–Crippen LogP) is 1.95. The van der Waals surface area contributed by atoms with Gasteiger partial charge in [0, 0.05) is 0 Å². The zero-order valence-corrected chi connectivity index (χ0v) is 15.5. The van der Waals surface area contributed by atoms with Crippen molar-refractivity contribution < 1.29 is 14.3 Å². The predicted molar refractivity (Wildman–Crippen MR) is 104 cm³/mol. The zero-order valence-electron chi connectivity index (χ0n) is 14.7. The van der Waals surface area contributed by atoms with Gasteiger partial charge in [0.25, 0.3) is 5.91 Å². The van der Waals surface area contributed by atoms with Gasteiger partial charge in [0.1, 0.15) is 5.75 Å². The number of hydrogen-bond donors (Lipinski definition) is 3. The molecule has 0 atom stereocenters. The molecule has 3 N–H and O–H groups in total. The van der Waals surface area contributed by atoms with E-state index in [0.29, 0.717) is 5.75 Å². The Balaban J connectivity index is 1.70. The van der Waals surface area contributed by atoms with Crippen LogP contribution in [0.2, 0.25) is 0 Å². The Labute approximate surface area is 157 Å². The van der Waals surface area contributed by atoms with Crippen LogP contribution in [0.1, 0.15) is 16.7 Å². The van der Waals surface area contributed by atoms with Crippen molar-refractivity contribution in [1.29, 1.82) is 0 Å². The Morgan fingerprint density at radius 3 is 2.50 bits per heavy atom. The van der Waals surface area contributed by atoms with Crippen LogP contribution in [0.25, 0.3) is 0 Å². The molecule has 2 aromatic rings. The largest absolute Gasteiger partial charge is 0.484 e. The molecule has 0 saturated heterocycles. The van der Waals surface area contributed by atoms with E-state index in [0.717, 1.165) is 16.7 Å². The molecular weight excluding hydrogens is 350 g/mol. The molecule has 0 heterocycles. The van der Waals surface area contributed by atoms with E-state index in [9.17, 15) is 9.59 Å². The molecular formula is C19H21N3O3S. The summed E-state index contributed by atoms with van der Waals surface area (Å²) in [4.78, 5) is 23.7. The van der Waals surface area contributed by atoms with Gasteiger partial charge in [-0.05, 0) is 54.9 Å². The standard InChI is InChI=1S/C19H21N3O3S/c1-13-6-5-9-16(10-13)25-12-18(24)21-22-19(26)20-17(23)11-15-8-4-3-7-14(15)2/h3-10H,11-12H2,1-2H3,(H,21,24)(H2,20,22,23,26). The van der Waals surface area contributed by atoms with Crippen LogP contribution in [0, 0.1) is 13.8 Å². The first-order valence-electron chi connectivity index (χ1n) is 8.06. The van der Waals surface area contributed by atoms with Crippen LogP contribution < -0.4 is 20.9 Å². The molecule has 0 aromatic heterocycles. The van der Waals surface area contributed by atoms with Crippen molar-refractivity contribution in [2.75, 3.05) is 6.61 Å². The third kappa shape index (κ3) is 6.52. The van der Waals surface area contributed by atoms with Crippen LogP contribution in [0.15, 0.2) is 48.5 Å². The molecule has 2 amide bonds. The molecule has 0 saturated carbocycles. The van der Waals surface area contributed by atoms with Crippen molar-refractivity contribution in [3.63, 3.8) is 0 Å². The summed E-state index contributed by atoms with van der Waals surface area (Å²) in [5.41, 5.74) is 7.85. The summed E-state index contributed by atoms with van der Waals surface area (Å²) < 4.78 is 5.37. The van der Waals surface area contributed by atoms with Crippen LogP contribution in [-0.2, 0) is 16.0 Å². The molecule has 0 bridgehead atoms. The number of carbonyl (C=O) groups excluding carboxylic acids is 2. The number of benzene rings is 2. The number of amides is 2. The van der Waals surface area contributed by atoms with Gasteiger partial charge in [0.2, 0.25) is 5.91 Å². The minimum absolute atomic E-state index is 0.0208. The lowest BCUT2D eigenvalue weighted by Gasteiger charge is -2.12. The lowest BCUT2D eigenvalue weighted by Crippen LogP contribution is -2.50. The second-order valence-electron chi connectivity index (χ2n) is 5.76. The number of hydrogen-bond acceptors (Lipinski definition) is 4. The molecule has 7 heteroatoms. The lowest BCUT2D eigenvalue weighted by molar-refractivity contribution is -0.124. The fourth-order valence-corrected chi connectivity index (χ4v) is 2.36. The van der Waals surface area contributed by atoms with Crippen molar-refractivity contribution >= 4 is 29.1 Å². The maximum Gasteiger partial charge on any atom is 0.276 e. The number of thiocarbonyl (C=S) groups is 1. The van der Waals surface area contributed by atoms with Gasteiger partial charge in [0.15, 0.2) is 11.7 Å². The van der Waals surface area contributed by atoms with E-state index in [2.05, 4.69) is 16.2 Å². The Bertz CT molecular complexity index is 808. The van der Waals surface area contributed by atoms with E-state index < -0.39 is 5.91 Å². The van der Waals surface area contributed by atoms with Crippen LogP contribution >= 0.6 is 12.2 Å². The maximum atomic E-state index is 12.0. The van der Waals surface area contributed by atoms with Gasteiger partial charge in [-0.25, -0.2) is 0 Å². The average Bonchev–Trinajstić information content (AvgIpc) is 2.60. The normalized spacial score (nSPS) is 9.92. The SMILES string of the molecule is Cc1cccc(OCC(=O)NNC(=S)NC(=O)Cc2ccccc2C)c1. The van der Waals surface area contributed by atoms with Crippen molar-refractivity contribution in [3.8, 4) is 5.75 Å². The Kier molecular flexibility index (Phi) is 7.11. The molecule has 0 unspecified atom stereocenters. The summed E-state index contributed by atoms with van der Waals surface area (Å²) in [5.74, 6) is -0.0710. The van der Waals surface area contributed by atoms with Gasteiger partial charge in [0.05, 0.1) is 6.42 Å². The topological polar surface area (TPSA) is 79.5 Å². The molecule has 0 aliphatic rings. The summed E-state index contributed by atoms with van der Waals surface area (Å²) >= 11 is 4.99. The monoisotopic (exact) mass is 371 g/mol. The minimum Gasteiger partial charge on any atom is -0.484 e. The highest BCUT2D eigenvalue weighted by Crippen LogP contribution is 2.11. The molecule has 2 aromatic carbocycles. The van der Waals surface area contributed by atoms with Gasteiger partial charge in [-0.3, -0.25) is 20.4 Å². The molecule has 0 aliphatic carbocycles. The summed E-state index contributed by atoms with van der Waals surface area (Å²) in [5, 5.41) is 2.54. The first-order chi connectivity index (χ1) is 12.4. The van der Waals surface area contributed by atoms with Crippen molar-refractivity contribution in [3.05, 3.63) is 65.2 Å². The highest BCUT2D eigenvalue weighted by Gasteiger charge is 2.09. The Hall–Kier alpha value is -2.93. The second-order valence-corrected chi connectivity index (χ2v) is 6.17. The second kappa shape index (κ2) is 9.53. The van der Waals surface area contributed by atoms with Crippen LogP contribution in [0.4, 0.5) is 0 Å². The number of aryl methyl sites for hydroxylation is 2. The number of rotatable bonds is 5. The first-order valence-corrected chi connectivity index (χ1v) is 8.47. The van der Waals surface area contributed by atoms with E-state index in [4.69, 9.17) is 17.0 Å². The Morgan fingerprint density at radius 1 is 1.00 bits per heavy atom. The highest BCUT2D eigenvalue weighted by molar-refractivity contribution is 7.80. The molecule has 0 aliphatic heterocycles. The fraction of sp³-hybridized carbons (Fsp3) is 0.211. The summed E-state index contributed by atoms with van der Waals surface area (Å²) in [7, 11) is 0. The van der Waals surface area contributed by atoms with Crippen molar-refractivity contribution in [2.45, 2.75) is 20.3 Å². The average molecular weight is 371 g/mol. The van der Waals surface area contributed by atoms with E-state index in [1.807, 2.05) is 56.3 Å². The molecule has 2 rings (SSSR count). The number of carbonyl (C=O) groups is 2. The maximum absolute atomic E-state index is 12.0. The van der Waals surface area contributed by atoms with Crippen molar-refractivity contribution in [2.24, 2.45) is 0 Å². The van der Waals surface area contributed by atoms with Gasteiger partial charge >= 0.3 is 0 Å². The van der Waals surface area contributed by atoms with Gasteiger partial charge in [-0.15, -0.1) is 0 Å². The van der Waals surface area contributed by atoms with Gasteiger partial charge < -0.3 is 10.1 Å². The van der Waals surface area contributed by atoms with Crippen LogP contribution in [-0.4, -0.2) is 23.5 Å².